The molecule has 0 unspecified atom stereocenters. The molecule has 8 heteroatoms. The summed E-state index contributed by atoms with van der Waals surface area (Å²) in [6.45, 7) is 24.7. The van der Waals surface area contributed by atoms with E-state index in [-0.39, 0.29) is 16.2 Å². The predicted octanol–water partition coefficient (Wildman–Crippen LogP) is 12.4. The Balaban J connectivity index is 2.34. The van der Waals surface area contributed by atoms with Crippen molar-refractivity contribution in [3.8, 4) is 17.2 Å². The molecule has 3 aromatic carbocycles. The highest BCUT2D eigenvalue weighted by atomic mass is 79.9. The van der Waals surface area contributed by atoms with Gasteiger partial charge in [0, 0.05) is 30.1 Å². The first-order valence-corrected chi connectivity index (χ1v) is 17.5. The lowest BCUT2D eigenvalue weighted by Crippen LogP contribution is -2.20. The molecule has 0 saturated heterocycles. The third kappa shape index (κ3) is 8.22. The van der Waals surface area contributed by atoms with Crippen molar-refractivity contribution in [2.45, 2.75) is 99.3 Å². The molecule has 0 aromatic heterocycles. The first-order valence-electron chi connectivity index (χ1n) is 13.6. The maximum atomic E-state index is 15.2. The number of aryl methyl sites for hydroxylation is 3. The topological polar surface area (TPSA) is 44.8 Å². The molecule has 0 aliphatic carbocycles. The zero-order chi connectivity index (χ0) is 31.3. The van der Waals surface area contributed by atoms with Crippen LogP contribution >= 0.6 is 55.6 Å². The van der Waals surface area contributed by atoms with Crippen molar-refractivity contribution in [1.29, 1.82) is 0 Å². The van der Waals surface area contributed by atoms with Gasteiger partial charge in [0.05, 0.1) is 0 Å². The van der Waals surface area contributed by atoms with Gasteiger partial charge in [0.25, 0.3) is 0 Å². The Morgan fingerprint density at radius 2 is 0.707 bits per heavy atom. The van der Waals surface area contributed by atoms with Crippen LogP contribution in [0, 0.1) is 20.8 Å². The molecule has 0 saturated carbocycles. The van der Waals surface area contributed by atoms with E-state index >= 15 is 4.57 Å². The summed E-state index contributed by atoms with van der Waals surface area (Å²) >= 11 is 10.9. The number of phosphoric acid groups is 1. The maximum absolute atomic E-state index is 15.2. The summed E-state index contributed by atoms with van der Waals surface area (Å²) in [5.74, 6) is 1.47. The molecule has 0 bridgehead atoms. The standard InChI is InChI=1S/C33H42Br3O4P/c1-19-13-22(34)16-25(31(4,5)6)28(19)38-41(37,39-29-20(2)14-23(35)17-26(29)32(7,8)9)40-30-21(3)15-24(36)18-27(30)33(10,11)12/h13-18H,1-12H3. The second kappa shape index (κ2) is 12.0. The van der Waals surface area contributed by atoms with E-state index in [1.54, 1.807) is 0 Å². The van der Waals surface area contributed by atoms with Crippen LogP contribution in [-0.4, -0.2) is 0 Å². The minimum absolute atomic E-state index is 0.303. The lowest BCUT2D eigenvalue weighted by Gasteiger charge is -2.31. The fourth-order valence-corrected chi connectivity index (χ4v) is 7.84. The van der Waals surface area contributed by atoms with Gasteiger partial charge in [-0.1, -0.05) is 110 Å². The van der Waals surface area contributed by atoms with Crippen molar-refractivity contribution >= 4 is 55.6 Å². The third-order valence-electron chi connectivity index (χ3n) is 6.75. The quantitative estimate of drug-likeness (QED) is 0.234. The molecule has 0 radical (unpaired) electrons. The van der Waals surface area contributed by atoms with Crippen LogP contribution < -0.4 is 13.6 Å². The minimum atomic E-state index is -4.35. The molecule has 224 valence electrons. The smallest absolute Gasteiger partial charge is 0.385 e. The molecule has 0 fully saturated rings. The summed E-state index contributed by atoms with van der Waals surface area (Å²) < 4.78 is 37.5. The van der Waals surface area contributed by atoms with E-state index in [0.717, 1.165) is 46.8 Å². The van der Waals surface area contributed by atoms with E-state index in [0.29, 0.717) is 17.2 Å². The van der Waals surface area contributed by atoms with Crippen LogP contribution in [0.4, 0.5) is 0 Å². The molecular weight excluding hydrogens is 731 g/mol. The van der Waals surface area contributed by atoms with E-state index < -0.39 is 7.82 Å². The normalized spacial score (nSPS) is 12.9. The lowest BCUT2D eigenvalue weighted by molar-refractivity contribution is 0.288. The Morgan fingerprint density at radius 3 is 0.902 bits per heavy atom. The summed E-state index contributed by atoms with van der Waals surface area (Å²) in [5, 5.41) is 0. The molecular formula is C33H42Br3O4P. The van der Waals surface area contributed by atoms with Crippen LogP contribution in [0.25, 0.3) is 0 Å². The van der Waals surface area contributed by atoms with Crippen molar-refractivity contribution < 1.29 is 18.1 Å². The van der Waals surface area contributed by atoms with Gasteiger partial charge < -0.3 is 13.6 Å². The number of hydrogen-bond acceptors (Lipinski definition) is 4. The molecule has 0 amide bonds. The Morgan fingerprint density at radius 1 is 0.488 bits per heavy atom. The molecule has 3 aromatic rings. The van der Waals surface area contributed by atoms with Gasteiger partial charge in [0.15, 0.2) is 0 Å². The fraction of sp³-hybridized carbons (Fsp3) is 0.455. The molecule has 0 heterocycles. The van der Waals surface area contributed by atoms with Gasteiger partial charge in [0.1, 0.15) is 17.2 Å². The zero-order valence-electron chi connectivity index (χ0n) is 26.2. The summed E-state index contributed by atoms with van der Waals surface area (Å²) in [4.78, 5) is 0. The lowest BCUT2D eigenvalue weighted by atomic mass is 9.85. The van der Waals surface area contributed by atoms with Crippen molar-refractivity contribution in [3.63, 3.8) is 0 Å². The molecule has 0 spiro atoms. The van der Waals surface area contributed by atoms with Gasteiger partial charge in [-0.05, 0) is 90.1 Å². The van der Waals surface area contributed by atoms with Crippen molar-refractivity contribution in [1.82, 2.24) is 0 Å². The molecule has 0 N–H and O–H groups in total. The SMILES string of the molecule is Cc1cc(Br)cc(C(C)(C)C)c1OP(=O)(Oc1c(C)cc(Br)cc1C(C)(C)C)Oc1c(C)cc(Br)cc1C(C)(C)C. The van der Waals surface area contributed by atoms with Gasteiger partial charge in [-0.2, -0.15) is 4.57 Å². The average molecular weight is 773 g/mol. The Hall–Kier alpha value is -1.27. The van der Waals surface area contributed by atoms with E-state index in [1.807, 2.05) is 57.2 Å². The van der Waals surface area contributed by atoms with Crippen molar-refractivity contribution in [2.75, 3.05) is 0 Å². The predicted molar refractivity (Wildman–Crippen MR) is 182 cm³/mol. The van der Waals surface area contributed by atoms with Gasteiger partial charge in [0.2, 0.25) is 0 Å². The zero-order valence-corrected chi connectivity index (χ0v) is 31.8. The van der Waals surface area contributed by atoms with E-state index in [2.05, 4.69) is 110 Å². The van der Waals surface area contributed by atoms with E-state index in [4.69, 9.17) is 13.6 Å². The molecule has 41 heavy (non-hydrogen) atoms. The first kappa shape index (κ1) is 34.2. The van der Waals surface area contributed by atoms with Gasteiger partial charge in [-0.25, -0.2) is 0 Å². The number of benzene rings is 3. The summed E-state index contributed by atoms with van der Waals surface area (Å²) in [6, 6.07) is 11.9. The fourth-order valence-electron chi connectivity index (χ4n) is 4.62. The van der Waals surface area contributed by atoms with Crippen molar-refractivity contribution in [3.05, 3.63) is 83.2 Å². The maximum Gasteiger partial charge on any atom is 0.647 e. The molecule has 0 aliphatic heterocycles. The average Bonchev–Trinajstić information content (AvgIpc) is 2.77. The second-order valence-corrected chi connectivity index (χ2v) is 18.0. The van der Waals surface area contributed by atoms with Gasteiger partial charge in [-0.15, -0.1) is 0 Å². The molecule has 4 nitrogen and oxygen atoms in total. The van der Waals surface area contributed by atoms with Crippen LogP contribution in [-0.2, 0) is 20.8 Å². The molecule has 0 aliphatic rings. The first-order chi connectivity index (χ1) is 18.5. The highest BCUT2D eigenvalue weighted by molar-refractivity contribution is 9.11. The number of phosphoric ester groups is 1. The highest BCUT2D eigenvalue weighted by Crippen LogP contribution is 2.56. The highest BCUT2D eigenvalue weighted by Gasteiger charge is 2.40. The third-order valence-corrected chi connectivity index (χ3v) is 9.34. The number of hydrogen-bond donors (Lipinski definition) is 0. The monoisotopic (exact) mass is 770 g/mol. The van der Waals surface area contributed by atoms with Crippen LogP contribution in [0.15, 0.2) is 49.8 Å². The van der Waals surface area contributed by atoms with Gasteiger partial charge in [-0.3, -0.25) is 0 Å². The molecule has 0 atom stereocenters. The van der Waals surface area contributed by atoms with Crippen molar-refractivity contribution in [2.24, 2.45) is 0 Å². The van der Waals surface area contributed by atoms with Crippen LogP contribution in [0.3, 0.4) is 0 Å². The Bertz CT molecular complexity index is 1330. The second-order valence-electron chi connectivity index (χ2n) is 13.8. The van der Waals surface area contributed by atoms with E-state index in [9.17, 15) is 0 Å². The Kier molecular flexibility index (Phi) is 10.0. The van der Waals surface area contributed by atoms with E-state index in [1.165, 1.54) is 0 Å². The largest absolute Gasteiger partial charge is 0.647 e. The summed E-state index contributed by atoms with van der Waals surface area (Å²) in [6.07, 6.45) is 0. The van der Waals surface area contributed by atoms with Crippen LogP contribution in [0.1, 0.15) is 95.7 Å². The van der Waals surface area contributed by atoms with Gasteiger partial charge >= 0.3 is 7.82 Å². The number of halogens is 3. The van der Waals surface area contributed by atoms with Crippen LogP contribution in [0.5, 0.6) is 17.2 Å². The Labute approximate surface area is 272 Å². The minimum Gasteiger partial charge on any atom is -0.385 e. The molecule has 3 rings (SSSR count). The van der Waals surface area contributed by atoms with Crippen LogP contribution in [0.2, 0.25) is 0 Å². The summed E-state index contributed by atoms with van der Waals surface area (Å²) in [5.41, 5.74) is 4.24. The summed E-state index contributed by atoms with van der Waals surface area (Å²) in [7, 11) is -4.35. The number of rotatable bonds is 6.